The van der Waals surface area contributed by atoms with Gasteiger partial charge in [0.05, 0.1) is 16.7 Å². The second-order valence-corrected chi connectivity index (χ2v) is 6.83. The third kappa shape index (κ3) is 3.05. The van der Waals surface area contributed by atoms with Crippen LogP contribution in [0.15, 0.2) is 18.2 Å². The van der Waals surface area contributed by atoms with Gasteiger partial charge < -0.3 is 10.0 Å². The van der Waals surface area contributed by atoms with E-state index < -0.39 is 0 Å². The molecule has 2 saturated carbocycles. The zero-order valence-electron chi connectivity index (χ0n) is 11.8. The number of aliphatic hydroxyl groups is 1. The number of halogens is 2. The average molecular weight is 328 g/mol. The van der Waals surface area contributed by atoms with Crippen LogP contribution in [0, 0.1) is 17.8 Å². The van der Waals surface area contributed by atoms with E-state index in [1.165, 1.54) is 19.3 Å². The molecule has 1 amide bonds. The molecule has 0 saturated heterocycles. The van der Waals surface area contributed by atoms with E-state index in [1.807, 2.05) is 6.07 Å². The Hall–Kier alpha value is -0.770. The average Bonchev–Trinajstić information content (AvgIpc) is 2.94. The van der Waals surface area contributed by atoms with Crippen LogP contribution in [0.1, 0.15) is 24.8 Å². The van der Waals surface area contributed by atoms with Crippen LogP contribution in [0.2, 0.25) is 10.0 Å². The van der Waals surface area contributed by atoms with Gasteiger partial charge in [0.25, 0.3) is 0 Å². The molecule has 5 heteroatoms. The molecule has 2 atom stereocenters. The highest BCUT2D eigenvalue weighted by Gasteiger charge is 2.57. The molecule has 1 aromatic carbocycles. The Morgan fingerprint density at radius 1 is 1.24 bits per heavy atom. The fourth-order valence-electron chi connectivity index (χ4n) is 3.64. The van der Waals surface area contributed by atoms with Crippen molar-refractivity contribution in [1.29, 1.82) is 0 Å². The number of nitrogens with zero attached hydrogens (tertiary/aromatic N) is 1. The molecule has 0 spiro atoms. The molecule has 3 nitrogen and oxygen atoms in total. The van der Waals surface area contributed by atoms with Crippen molar-refractivity contribution in [3.8, 4) is 0 Å². The van der Waals surface area contributed by atoms with E-state index in [1.54, 1.807) is 17.0 Å². The lowest BCUT2D eigenvalue weighted by Crippen LogP contribution is -2.35. The molecule has 114 valence electrons. The maximum atomic E-state index is 12.6. The van der Waals surface area contributed by atoms with Gasteiger partial charge in [0.2, 0.25) is 5.91 Å². The molecule has 0 bridgehead atoms. The molecule has 2 fully saturated rings. The van der Waals surface area contributed by atoms with Gasteiger partial charge in [-0.05, 0) is 42.4 Å². The first kappa shape index (κ1) is 15.1. The molecule has 1 aromatic rings. The predicted molar refractivity (Wildman–Crippen MR) is 83.3 cm³/mol. The Morgan fingerprint density at radius 3 is 2.57 bits per heavy atom. The lowest BCUT2D eigenvalue weighted by atomic mass is 10.1. The van der Waals surface area contributed by atoms with E-state index in [0.717, 1.165) is 5.56 Å². The SMILES string of the molecule is O=C(C1C2CCCC21)N(CCO)Cc1ccc(Cl)c(Cl)c1. The first-order valence-corrected chi connectivity index (χ1v) is 8.21. The minimum Gasteiger partial charge on any atom is -0.395 e. The standard InChI is InChI=1S/C16H19Cl2NO2/c17-13-5-4-10(8-14(13)18)9-19(6-7-20)16(21)15-11-2-1-3-12(11)15/h4-5,8,11-12,15,20H,1-3,6-7,9H2. The molecule has 1 N–H and O–H groups in total. The van der Waals surface area contributed by atoms with Crippen molar-refractivity contribution >= 4 is 29.1 Å². The van der Waals surface area contributed by atoms with Crippen molar-refractivity contribution in [3.63, 3.8) is 0 Å². The molecule has 21 heavy (non-hydrogen) atoms. The van der Waals surface area contributed by atoms with Crippen molar-refractivity contribution in [2.45, 2.75) is 25.8 Å². The minimum atomic E-state index is -0.0187. The Labute approximate surface area is 134 Å². The first-order valence-electron chi connectivity index (χ1n) is 7.45. The van der Waals surface area contributed by atoms with Crippen molar-refractivity contribution in [2.24, 2.45) is 17.8 Å². The largest absolute Gasteiger partial charge is 0.395 e. The van der Waals surface area contributed by atoms with Gasteiger partial charge in [0, 0.05) is 19.0 Å². The number of fused-ring (bicyclic) bond motifs is 1. The molecule has 0 aromatic heterocycles. The quantitative estimate of drug-likeness (QED) is 0.900. The van der Waals surface area contributed by atoms with Crippen molar-refractivity contribution in [3.05, 3.63) is 33.8 Å². The van der Waals surface area contributed by atoms with Crippen LogP contribution in [-0.2, 0) is 11.3 Å². The number of aliphatic hydroxyl groups excluding tert-OH is 1. The molecule has 3 rings (SSSR count). The van der Waals surface area contributed by atoms with E-state index in [-0.39, 0.29) is 18.4 Å². The molecular formula is C16H19Cl2NO2. The van der Waals surface area contributed by atoms with E-state index in [4.69, 9.17) is 23.2 Å². The monoisotopic (exact) mass is 327 g/mol. The normalized spacial score (nSPS) is 26.5. The molecular weight excluding hydrogens is 309 g/mol. The lowest BCUT2D eigenvalue weighted by Gasteiger charge is -2.23. The van der Waals surface area contributed by atoms with Gasteiger partial charge in [0.15, 0.2) is 0 Å². The third-order valence-corrected chi connectivity index (χ3v) is 5.47. The summed E-state index contributed by atoms with van der Waals surface area (Å²) in [6.07, 6.45) is 3.62. The molecule has 2 aliphatic rings. The molecule has 0 heterocycles. The highest BCUT2D eigenvalue weighted by molar-refractivity contribution is 6.42. The summed E-state index contributed by atoms with van der Waals surface area (Å²) in [7, 11) is 0. The Bertz CT molecular complexity index is 539. The fraction of sp³-hybridized carbons (Fsp3) is 0.562. The Balaban J connectivity index is 1.69. The summed E-state index contributed by atoms with van der Waals surface area (Å²) in [5.74, 6) is 1.55. The minimum absolute atomic E-state index is 0.0187. The fourth-order valence-corrected chi connectivity index (χ4v) is 3.97. The van der Waals surface area contributed by atoms with E-state index in [2.05, 4.69) is 0 Å². The van der Waals surface area contributed by atoms with Crippen LogP contribution in [0.25, 0.3) is 0 Å². The lowest BCUT2D eigenvalue weighted by molar-refractivity contribution is -0.134. The summed E-state index contributed by atoms with van der Waals surface area (Å²) < 4.78 is 0. The van der Waals surface area contributed by atoms with Gasteiger partial charge in [-0.15, -0.1) is 0 Å². The summed E-state index contributed by atoms with van der Waals surface area (Å²) >= 11 is 11.9. The Morgan fingerprint density at radius 2 is 1.95 bits per heavy atom. The smallest absolute Gasteiger partial charge is 0.226 e. The summed E-state index contributed by atoms with van der Waals surface area (Å²) in [5, 5.41) is 10.2. The van der Waals surface area contributed by atoms with Crippen LogP contribution in [-0.4, -0.2) is 29.1 Å². The van der Waals surface area contributed by atoms with Gasteiger partial charge in [-0.25, -0.2) is 0 Å². The van der Waals surface area contributed by atoms with Crippen LogP contribution >= 0.6 is 23.2 Å². The van der Waals surface area contributed by atoms with Gasteiger partial charge in [-0.2, -0.15) is 0 Å². The van der Waals surface area contributed by atoms with Crippen molar-refractivity contribution < 1.29 is 9.90 Å². The first-order chi connectivity index (χ1) is 10.1. The molecule has 2 unspecified atom stereocenters. The van der Waals surface area contributed by atoms with Gasteiger partial charge in [-0.3, -0.25) is 4.79 Å². The summed E-state index contributed by atoms with van der Waals surface area (Å²) in [6, 6.07) is 5.40. The molecule has 0 aliphatic heterocycles. The van der Waals surface area contributed by atoms with Crippen LogP contribution in [0.5, 0.6) is 0 Å². The second-order valence-electron chi connectivity index (χ2n) is 6.02. The third-order valence-electron chi connectivity index (χ3n) is 4.73. The Kier molecular flexibility index (Phi) is 4.43. The van der Waals surface area contributed by atoms with Crippen molar-refractivity contribution in [2.75, 3.05) is 13.2 Å². The van der Waals surface area contributed by atoms with Crippen LogP contribution in [0.3, 0.4) is 0 Å². The number of carbonyl (C=O) groups is 1. The van der Waals surface area contributed by atoms with Crippen molar-refractivity contribution in [1.82, 2.24) is 4.90 Å². The van der Waals surface area contributed by atoms with E-state index in [0.29, 0.717) is 35.0 Å². The highest BCUT2D eigenvalue weighted by Crippen LogP contribution is 2.58. The van der Waals surface area contributed by atoms with Gasteiger partial charge >= 0.3 is 0 Å². The number of rotatable bonds is 5. The number of amides is 1. The topological polar surface area (TPSA) is 40.5 Å². The van der Waals surface area contributed by atoms with E-state index in [9.17, 15) is 9.90 Å². The second kappa shape index (κ2) is 6.15. The number of carbonyl (C=O) groups excluding carboxylic acids is 1. The predicted octanol–water partition coefficient (Wildman–Crippen LogP) is 3.36. The number of benzene rings is 1. The highest BCUT2D eigenvalue weighted by atomic mass is 35.5. The maximum Gasteiger partial charge on any atom is 0.226 e. The summed E-state index contributed by atoms with van der Waals surface area (Å²) in [5.41, 5.74) is 0.942. The van der Waals surface area contributed by atoms with Crippen LogP contribution < -0.4 is 0 Å². The zero-order valence-corrected chi connectivity index (χ0v) is 13.3. The number of hydrogen-bond donors (Lipinski definition) is 1. The number of hydrogen-bond acceptors (Lipinski definition) is 2. The van der Waals surface area contributed by atoms with Crippen LogP contribution in [0.4, 0.5) is 0 Å². The molecule has 2 aliphatic carbocycles. The maximum absolute atomic E-state index is 12.6. The zero-order chi connectivity index (χ0) is 15.0. The summed E-state index contributed by atoms with van der Waals surface area (Å²) in [6.45, 7) is 0.830. The van der Waals surface area contributed by atoms with E-state index >= 15 is 0 Å². The molecule has 0 radical (unpaired) electrons. The summed E-state index contributed by atoms with van der Waals surface area (Å²) in [4.78, 5) is 14.4. The van der Waals surface area contributed by atoms with Gasteiger partial charge in [-0.1, -0.05) is 35.7 Å². The van der Waals surface area contributed by atoms with Gasteiger partial charge in [0.1, 0.15) is 0 Å².